The molecule has 0 aliphatic carbocycles. The van der Waals surface area contributed by atoms with Crippen LogP contribution in [0.5, 0.6) is 17.2 Å². The fraction of sp³-hybridized carbons (Fsp3) is 0.133. The molecule has 10 nitrogen and oxygen atoms in total. The van der Waals surface area contributed by atoms with E-state index in [0.29, 0.717) is 22.9 Å². The summed E-state index contributed by atoms with van der Waals surface area (Å²) in [6.45, 7) is 0.0802. The lowest BCUT2D eigenvalue weighted by Gasteiger charge is -2.06. The standard InChI is InChI=1S/C30H25N5O5/c1-36-22-10-4-19(5-11-22)16-32-39-17-25-33-29-27-26(20-6-12-23(37-2)13-7-20)28(21-8-14-24(38-3)15-9-21)40-30(27)31-18-35(29)34-25/h4-16,18H,17H2,1-3H3/b32-16+. The van der Waals surface area contributed by atoms with Crippen molar-refractivity contribution in [1.82, 2.24) is 19.6 Å². The van der Waals surface area contributed by atoms with Gasteiger partial charge in [0.05, 0.1) is 32.9 Å². The number of fused-ring (bicyclic) bond motifs is 3. The van der Waals surface area contributed by atoms with Crippen LogP contribution in [0, 0.1) is 0 Å². The van der Waals surface area contributed by atoms with Crippen LogP contribution >= 0.6 is 0 Å². The molecule has 3 aromatic carbocycles. The summed E-state index contributed by atoms with van der Waals surface area (Å²) in [6.07, 6.45) is 3.20. The van der Waals surface area contributed by atoms with Gasteiger partial charge in [-0.25, -0.2) is 14.5 Å². The van der Waals surface area contributed by atoms with E-state index in [1.807, 2.05) is 72.8 Å². The lowest BCUT2D eigenvalue weighted by Crippen LogP contribution is -1.93. The second-order valence-corrected chi connectivity index (χ2v) is 8.77. The number of benzene rings is 3. The van der Waals surface area contributed by atoms with Crippen molar-refractivity contribution in [3.05, 3.63) is 90.5 Å². The monoisotopic (exact) mass is 535 g/mol. The fourth-order valence-electron chi connectivity index (χ4n) is 4.37. The summed E-state index contributed by atoms with van der Waals surface area (Å²) in [6, 6.07) is 22.9. The molecule has 0 amide bonds. The predicted molar refractivity (Wildman–Crippen MR) is 150 cm³/mol. The fourth-order valence-corrected chi connectivity index (χ4v) is 4.37. The summed E-state index contributed by atoms with van der Waals surface area (Å²) in [5, 5.41) is 9.33. The minimum absolute atomic E-state index is 0.0802. The van der Waals surface area contributed by atoms with Gasteiger partial charge in [-0.1, -0.05) is 17.3 Å². The molecule has 10 heteroatoms. The molecule has 0 saturated heterocycles. The van der Waals surface area contributed by atoms with E-state index in [4.69, 9.17) is 28.4 Å². The number of methoxy groups -OCH3 is 3. The van der Waals surface area contributed by atoms with Gasteiger partial charge in [-0.05, 0) is 71.8 Å². The highest BCUT2D eigenvalue weighted by molar-refractivity contribution is 6.07. The molecule has 200 valence electrons. The van der Waals surface area contributed by atoms with Gasteiger partial charge >= 0.3 is 0 Å². The van der Waals surface area contributed by atoms with Gasteiger partial charge in [-0.3, -0.25) is 0 Å². The highest BCUT2D eigenvalue weighted by Crippen LogP contribution is 2.42. The van der Waals surface area contributed by atoms with Crippen LogP contribution in [0.3, 0.4) is 0 Å². The Labute approximate surface area is 229 Å². The minimum atomic E-state index is 0.0802. The van der Waals surface area contributed by atoms with Gasteiger partial charge in [-0.15, -0.1) is 5.10 Å². The first-order valence-electron chi connectivity index (χ1n) is 12.4. The van der Waals surface area contributed by atoms with Crippen LogP contribution in [0.15, 0.2) is 88.7 Å². The van der Waals surface area contributed by atoms with E-state index in [1.54, 1.807) is 38.4 Å². The van der Waals surface area contributed by atoms with Crippen LogP contribution in [0.2, 0.25) is 0 Å². The molecule has 3 heterocycles. The van der Waals surface area contributed by atoms with Gasteiger partial charge in [0.25, 0.3) is 0 Å². The van der Waals surface area contributed by atoms with E-state index in [9.17, 15) is 0 Å². The maximum Gasteiger partial charge on any atom is 0.232 e. The largest absolute Gasteiger partial charge is 0.497 e. The molecular weight excluding hydrogens is 510 g/mol. The molecule has 0 saturated carbocycles. The number of oxime groups is 1. The maximum absolute atomic E-state index is 6.32. The number of furan rings is 1. The zero-order valence-corrected chi connectivity index (χ0v) is 22.1. The van der Waals surface area contributed by atoms with E-state index in [2.05, 4.69) is 15.2 Å². The first-order valence-corrected chi connectivity index (χ1v) is 12.4. The number of rotatable bonds is 9. The normalized spacial score (nSPS) is 11.4. The van der Waals surface area contributed by atoms with Crippen molar-refractivity contribution in [2.75, 3.05) is 21.3 Å². The highest BCUT2D eigenvalue weighted by Gasteiger charge is 2.23. The Balaban J connectivity index is 1.38. The van der Waals surface area contributed by atoms with Crippen molar-refractivity contribution in [2.45, 2.75) is 6.61 Å². The Morgan fingerprint density at radius 1 is 0.800 bits per heavy atom. The lowest BCUT2D eigenvalue weighted by atomic mass is 9.99. The molecule has 0 unspecified atom stereocenters. The molecule has 0 fully saturated rings. The van der Waals surface area contributed by atoms with Gasteiger partial charge in [-0.2, -0.15) is 0 Å². The van der Waals surface area contributed by atoms with Gasteiger partial charge in [0, 0.05) is 11.1 Å². The molecule has 0 aliphatic rings. The van der Waals surface area contributed by atoms with E-state index in [-0.39, 0.29) is 6.61 Å². The molecule has 0 N–H and O–H groups in total. The molecule has 0 aliphatic heterocycles. The van der Waals surface area contributed by atoms with Crippen molar-refractivity contribution >= 4 is 23.0 Å². The number of hydrogen-bond acceptors (Lipinski definition) is 9. The number of hydrogen-bond donors (Lipinski definition) is 0. The minimum Gasteiger partial charge on any atom is -0.497 e. The average molecular weight is 536 g/mol. The van der Waals surface area contributed by atoms with E-state index in [0.717, 1.165) is 44.9 Å². The van der Waals surface area contributed by atoms with E-state index >= 15 is 0 Å². The first kappa shape index (κ1) is 24.9. The highest BCUT2D eigenvalue weighted by atomic mass is 16.6. The third-order valence-electron chi connectivity index (χ3n) is 6.39. The van der Waals surface area contributed by atoms with Gasteiger partial charge in [0.1, 0.15) is 29.3 Å². The van der Waals surface area contributed by atoms with Crippen molar-refractivity contribution in [3.8, 4) is 39.7 Å². The van der Waals surface area contributed by atoms with Crippen molar-refractivity contribution in [1.29, 1.82) is 0 Å². The van der Waals surface area contributed by atoms with Gasteiger partial charge in [0.2, 0.25) is 5.71 Å². The lowest BCUT2D eigenvalue weighted by molar-refractivity contribution is 0.126. The Morgan fingerprint density at radius 2 is 1.40 bits per heavy atom. The predicted octanol–water partition coefficient (Wildman–Crippen LogP) is 5.78. The Morgan fingerprint density at radius 3 is 2.02 bits per heavy atom. The third kappa shape index (κ3) is 4.78. The number of ether oxygens (including phenoxy) is 3. The topological polar surface area (TPSA) is 106 Å². The SMILES string of the molecule is COc1ccc(/C=N/OCc2nc3c4c(-c5ccc(OC)cc5)c(-c5ccc(OC)cc5)oc4ncn3n2)cc1. The summed E-state index contributed by atoms with van der Waals surface area (Å²) in [5.74, 6) is 3.39. The summed E-state index contributed by atoms with van der Waals surface area (Å²) < 4.78 is 23.8. The van der Waals surface area contributed by atoms with Crippen molar-refractivity contribution < 1.29 is 23.5 Å². The Kier molecular flexibility index (Phi) is 6.72. The molecule has 6 rings (SSSR count). The van der Waals surface area contributed by atoms with Crippen LogP contribution in [0.25, 0.3) is 39.2 Å². The van der Waals surface area contributed by atoms with Crippen LogP contribution in [0.1, 0.15) is 11.4 Å². The van der Waals surface area contributed by atoms with Gasteiger partial charge in [0.15, 0.2) is 18.1 Å². The zero-order chi connectivity index (χ0) is 27.5. The number of nitrogens with zero attached hydrogens (tertiary/aromatic N) is 5. The number of aromatic nitrogens is 4. The second-order valence-electron chi connectivity index (χ2n) is 8.77. The van der Waals surface area contributed by atoms with E-state index < -0.39 is 0 Å². The molecule has 40 heavy (non-hydrogen) atoms. The van der Waals surface area contributed by atoms with E-state index in [1.165, 1.54) is 0 Å². The summed E-state index contributed by atoms with van der Waals surface area (Å²) in [7, 11) is 4.90. The quantitative estimate of drug-likeness (QED) is 0.169. The van der Waals surface area contributed by atoms with Crippen LogP contribution in [-0.2, 0) is 11.4 Å². The van der Waals surface area contributed by atoms with Crippen LogP contribution < -0.4 is 14.2 Å². The molecule has 0 radical (unpaired) electrons. The van der Waals surface area contributed by atoms with Crippen molar-refractivity contribution in [2.24, 2.45) is 5.16 Å². The molecule has 3 aromatic heterocycles. The second kappa shape index (κ2) is 10.8. The van der Waals surface area contributed by atoms with Crippen LogP contribution in [0.4, 0.5) is 0 Å². The summed E-state index contributed by atoms with van der Waals surface area (Å²) in [5.41, 5.74) is 4.56. The Hall–Kier alpha value is -5.38. The molecule has 6 aromatic rings. The average Bonchev–Trinajstić information content (AvgIpc) is 3.61. The molecule has 0 atom stereocenters. The summed E-state index contributed by atoms with van der Waals surface area (Å²) >= 11 is 0. The maximum atomic E-state index is 6.32. The third-order valence-corrected chi connectivity index (χ3v) is 6.39. The van der Waals surface area contributed by atoms with Gasteiger partial charge < -0.3 is 23.5 Å². The first-order chi connectivity index (χ1) is 19.7. The Bertz CT molecular complexity index is 1790. The van der Waals surface area contributed by atoms with Crippen molar-refractivity contribution in [3.63, 3.8) is 0 Å². The zero-order valence-electron chi connectivity index (χ0n) is 22.1. The van der Waals surface area contributed by atoms with Crippen LogP contribution in [-0.4, -0.2) is 47.1 Å². The molecular formula is C30H25N5O5. The summed E-state index contributed by atoms with van der Waals surface area (Å²) in [4.78, 5) is 14.8. The molecule has 0 bridgehead atoms. The smallest absolute Gasteiger partial charge is 0.232 e. The molecule has 0 spiro atoms.